The Hall–Kier alpha value is -1.51. The minimum atomic E-state index is 0.227. The molecule has 1 aliphatic carbocycles. The molecule has 0 saturated heterocycles. The maximum Gasteiger partial charge on any atom is 0.157 e. The van der Waals surface area contributed by atoms with Crippen LogP contribution < -0.4 is 5.32 Å². The number of carbonyl (C=O) groups is 1. The average molecular weight is 191 g/mol. The second-order valence-corrected chi connectivity index (χ2v) is 3.39. The first kappa shape index (κ1) is 9.06. The van der Waals surface area contributed by atoms with Gasteiger partial charge in [-0.05, 0) is 18.6 Å². The summed E-state index contributed by atoms with van der Waals surface area (Å²) in [6.45, 7) is 0.826. The molecular formula is C11H13NO2. The molecule has 3 heteroatoms. The largest absolute Gasteiger partial charge is 0.469 e. The van der Waals surface area contributed by atoms with Crippen LogP contribution in [0.5, 0.6) is 0 Å². The van der Waals surface area contributed by atoms with Gasteiger partial charge < -0.3 is 9.73 Å². The zero-order chi connectivity index (χ0) is 9.80. The molecule has 1 aromatic rings. The van der Waals surface area contributed by atoms with Crippen LogP contribution in [0.1, 0.15) is 18.6 Å². The van der Waals surface area contributed by atoms with Crippen molar-refractivity contribution in [3.63, 3.8) is 0 Å². The molecule has 0 unspecified atom stereocenters. The van der Waals surface area contributed by atoms with Crippen molar-refractivity contribution < 1.29 is 9.21 Å². The van der Waals surface area contributed by atoms with E-state index in [0.29, 0.717) is 6.42 Å². The van der Waals surface area contributed by atoms with Gasteiger partial charge in [-0.15, -0.1) is 0 Å². The lowest BCUT2D eigenvalue weighted by atomic mass is 10.3. The van der Waals surface area contributed by atoms with E-state index in [1.54, 1.807) is 12.3 Å². The topological polar surface area (TPSA) is 42.2 Å². The van der Waals surface area contributed by atoms with Gasteiger partial charge in [-0.2, -0.15) is 0 Å². The van der Waals surface area contributed by atoms with Gasteiger partial charge in [-0.25, -0.2) is 0 Å². The minimum Gasteiger partial charge on any atom is -0.469 e. The third-order valence-corrected chi connectivity index (χ3v) is 2.28. The highest BCUT2D eigenvalue weighted by molar-refractivity contribution is 5.92. The lowest BCUT2D eigenvalue weighted by molar-refractivity contribution is -0.114. The summed E-state index contributed by atoms with van der Waals surface area (Å²) >= 11 is 0. The highest BCUT2D eigenvalue weighted by Gasteiger charge is 2.10. The average Bonchev–Trinajstić information content (AvgIpc) is 2.77. The van der Waals surface area contributed by atoms with E-state index in [0.717, 1.165) is 30.8 Å². The molecule has 0 aromatic carbocycles. The zero-order valence-electron chi connectivity index (χ0n) is 7.95. The SMILES string of the molecule is O=C1C=C(NCCc2ccco2)CC1. The lowest BCUT2D eigenvalue weighted by Gasteiger charge is -2.04. The van der Waals surface area contributed by atoms with Crippen LogP contribution >= 0.6 is 0 Å². The first-order valence-electron chi connectivity index (χ1n) is 4.84. The second-order valence-electron chi connectivity index (χ2n) is 3.39. The number of hydrogen-bond acceptors (Lipinski definition) is 3. The lowest BCUT2D eigenvalue weighted by Crippen LogP contribution is -2.15. The summed E-state index contributed by atoms with van der Waals surface area (Å²) in [5.74, 6) is 1.20. The molecule has 0 amide bonds. The molecule has 0 bridgehead atoms. The van der Waals surface area contributed by atoms with Crippen LogP contribution in [-0.2, 0) is 11.2 Å². The summed E-state index contributed by atoms with van der Waals surface area (Å²) in [7, 11) is 0. The molecule has 0 saturated carbocycles. The summed E-state index contributed by atoms with van der Waals surface area (Å²) in [6, 6.07) is 3.84. The van der Waals surface area contributed by atoms with Crippen molar-refractivity contribution in [2.75, 3.05) is 6.54 Å². The fraction of sp³-hybridized carbons (Fsp3) is 0.364. The molecule has 1 N–H and O–H groups in total. The van der Waals surface area contributed by atoms with E-state index in [1.165, 1.54) is 0 Å². The van der Waals surface area contributed by atoms with Gasteiger partial charge in [0.25, 0.3) is 0 Å². The highest BCUT2D eigenvalue weighted by Crippen LogP contribution is 2.11. The number of hydrogen-bond donors (Lipinski definition) is 1. The summed E-state index contributed by atoms with van der Waals surface area (Å²) in [6.07, 6.45) is 5.74. The number of allylic oxidation sites excluding steroid dienone is 2. The van der Waals surface area contributed by atoms with Gasteiger partial charge in [0.15, 0.2) is 5.78 Å². The van der Waals surface area contributed by atoms with E-state index in [9.17, 15) is 4.79 Å². The molecule has 2 rings (SSSR count). The van der Waals surface area contributed by atoms with E-state index in [2.05, 4.69) is 5.32 Å². The van der Waals surface area contributed by atoms with Gasteiger partial charge in [0.1, 0.15) is 5.76 Å². The third kappa shape index (κ3) is 2.25. The zero-order valence-corrected chi connectivity index (χ0v) is 7.95. The van der Waals surface area contributed by atoms with E-state index in [4.69, 9.17) is 4.42 Å². The molecule has 14 heavy (non-hydrogen) atoms. The van der Waals surface area contributed by atoms with Crippen LogP contribution in [0.4, 0.5) is 0 Å². The first-order valence-corrected chi connectivity index (χ1v) is 4.84. The van der Waals surface area contributed by atoms with E-state index < -0.39 is 0 Å². The monoisotopic (exact) mass is 191 g/mol. The molecule has 0 atom stereocenters. The van der Waals surface area contributed by atoms with Gasteiger partial charge in [-0.3, -0.25) is 4.79 Å². The Bertz CT molecular complexity index is 338. The maximum absolute atomic E-state index is 10.9. The second kappa shape index (κ2) is 4.13. The van der Waals surface area contributed by atoms with Crippen molar-refractivity contribution in [3.8, 4) is 0 Å². The summed E-state index contributed by atoms with van der Waals surface area (Å²) < 4.78 is 5.19. The molecule has 74 valence electrons. The minimum absolute atomic E-state index is 0.227. The van der Waals surface area contributed by atoms with Gasteiger partial charge in [-0.1, -0.05) is 0 Å². The summed E-state index contributed by atoms with van der Waals surface area (Å²) in [5.41, 5.74) is 1.06. The Balaban J connectivity index is 1.73. The maximum atomic E-state index is 10.9. The molecular weight excluding hydrogens is 178 g/mol. The molecule has 1 heterocycles. The first-order chi connectivity index (χ1) is 6.84. The van der Waals surface area contributed by atoms with Crippen LogP contribution in [-0.4, -0.2) is 12.3 Å². The molecule has 3 nitrogen and oxygen atoms in total. The van der Waals surface area contributed by atoms with Crippen molar-refractivity contribution in [1.29, 1.82) is 0 Å². The number of nitrogens with one attached hydrogen (secondary N) is 1. The number of rotatable bonds is 4. The predicted octanol–water partition coefficient (Wildman–Crippen LogP) is 1.66. The Morgan fingerprint density at radius 1 is 1.43 bits per heavy atom. The number of carbonyl (C=O) groups excluding carboxylic acids is 1. The predicted molar refractivity (Wildman–Crippen MR) is 52.7 cm³/mol. The molecule has 0 radical (unpaired) electrons. The molecule has 0 fully saturated rings. The van der Waals surface area contributed by atoms with Crippen molar-refractivity contribution in [2.45, 2.75) is 19.3 Å². The van der Waals surface area contributed by atoms with Crippen LogP contribution in [0.25, 0.3) is 0 Å². The van der Waals surface area contributed by atoms with Crippen LogP contribution in [0.3, 0.4) is 0 Å². The van der Waals surface area contributed by atoms with Gasteiger partial charge in [0, 0.05) is 31.2 Å². The van der Waals surface area contributed by atoms with Gasteiger partial charge in [0.2, 0.25) is 0 Å². The summed E-state index contributed by atoms with van der Waals surface area (Å²) in [5, 5.41) is 3.23. The normalized spacial score (nSPS) is 15.7. The third-order valence-electron chi connectivity index (χ3n) is 2.28. The van der Waals surface area contributed by atoms with Crippen molar-refractivity contribution in [3.05, 3.63) is 35.9 Å². The highest BCUT2D eigenvalue weighted by atomic mass is 16.3. The van der Waals surface area contributed by atoms with Gasteiger partial charge >= 0.3 is 0 Å². The van der Waals surface area contributed by atoms with E-state index in [1.807, 2.05) is 12.1 Å². The number of ketones is 1. The van der Waals surface area contributed by atoms with Crippen LogP contribution in [0.15, 0.2) is 34.6 Å². The summed E-state index contributed by atoms with van der Waals surface area (Å²) in [4.78, 5) is 10.9. The van der Waals surface area contributed by atoms with Crippen LogP contribution in [0.2, 0.25) is 0 Å². The van der Waals surface area contributed by atoms with Crippen molar-refractivity contribution in [2.24, 2.45) is 0 Å². The van der Waals surface area contributed by atoms with Gasteiger partial charge in [0.05, 0.1) is 6.26 Å². The van der Waals surface area contributed by atoms with E-state index in [-0.39, 0.29) is 5.78 Å². The van der Waals surface area contributed by atoms with E-state index >= 15 is 0 Å². The molecule has 1 aliphatic rings. The quantitative estimate of drug-likeness (QED) is 0.787. The Kier molecular flexibility index (Phi) is 2.68. The Morgan fingerprint density at radius 2 is 2.36 bits per heavy atom. The van der Waals surface area contributed by atoms with Crippen molar-refractivity contribution in [1.82, 2.24) is 5.32 Å². The Morgan fingerprint density at radius 3 is 3.00 bits per heavy atom. The standard InChI is InChI=1S/C11H13NO2/c13-10-4-3-9(8-10)12-6-5-11-2-1-7-14-11/h1-2,7-8,12H,3-6H2. The molecule has 1 aromatic heterocycles. The fourth-order valence-electron chi connectivity index (χ4n) is 1.54. The number of furan rings is 1. The molecule has 0 spiro atoms. The smallest absolute Gasteiger partial charge is 0.157 e. The van der Waals surface area contributed by atoms with Crippen molar-refractivity contribution >= 4 is 5.78 Å². The fourth-order valence-corrected chi connectivity index (χ4v) is 1.54. The molecule has 0 aliphatic heterocycles. The Labute approximate surface area is 82.8 Å². The van der Waals surface area contributed by atoms with Crippen LogP contribution in [0, 0.1) is 0 Å².